The molecule has 3 unspecified atom stereocenters. The Morgan fingerprint density at radius 1 is 1.35 bits per heavy atom. The number of aromatic nitrogens is 1. The van der Waals surface area contributed by atoms with Crippen LogP contribution in [0.1, 0.15) is 22.6 Å². The highest BCUT2D eigenvalue weighted by Gasteiger charge is 2.33. The topological polar surface area (TPSA) is 45.2 Å². The lowest BCUT2D eigenvalue weighted by Gasteiger charge is -2.30. The number of hydrogen-bond donors (Lipinski definition) is 1. The second-order valence-corrected chi connectivity index (χ2v) is 7.77. The van der Waals surface area contributed by atoms with E-state index in [-0.39, 0.29) is 11.9 Å². The molecule has 4 nitrogen and oxygen atoms in total. The maximum atomic E-state index is 12.5. The fourth-order valence-electron chi connectivity index (χ4n) is 3.58. The van der Waals surface area contributed by atoms with Crippen LogP contribution in [0, 0.1) is 5.92 Å². The summed E-state index contributed by atoms with van der Waals surface area (Å²) in [6, 6.07) is 7.88. The minimum atomic E-state index is -0.0687. The largest absolute Gasteiger partial charge is 0.346 e. The molecule has 2 saturated heterocycles. The van der Waals surface area contributed by atoms with Crippen molar-refractivity contribution in [1.82, 2.24) is 15.2 Å². The number of amides is 1. The van der Waals surface area contributed by atoms with Gasteiger partial charge < -0.3 is 10.2 Å². The number of carbonyl (C=O) groups excluding carboxylic acids is 1. The lowest BCUT2D eigenvalue weighted by molar-refractivity contribution is 0.0909. The molecule has 1 aromatic carbocycles. The summed E-state index contributed by atoms with van der Waals surface area (Å²) >= 11 is 7.61. The molecule has 0 aliphatic carbocycles. The molecule has 3 atom stereocenters. The number of carbonyl (C=O) groups is 1. The van der Waals surface area contributed by atoms with Crippen LogP contribution in [-0.4, -0.2) is 41.5 Å². The summed E-state index contributed by atoms with van der Waals surface area (Å²) in [6.07, 6.45) is 4.08. The number of piperidine rings is 1. The molecule has 6 heteroatoms. The molecular formula is C17H18ClN3OS. The van der Waals surface area contributed by atoms with Crippen molar-refractivity contribution in [2.75, 3.05) is 19.6 Å². The zero-order chi connectivity index (χ0) is 15.8. The van der Waals surface area contributed by atoms with Crippen molar-refractivity contribution >= 4 is 28.8 Å². The number of rotatable bonds is 3. The second-order valence-electron chi connectivity index (χ2n) is 6.33. The third-order valence-electron chi connectivity index (χ3n) is 4.64. The molecule has 2 bridgehead atoms. The van der Waals surface area contributed by atoms with Gasteiger partial charge in [0.25, 0.3) is 5.91 Å². The Morgan fingerprint density at radius 3 is 3.04 bits per heavy atom. The highest BCUT2D eigenvalue weighted by molar-refractivity contribution is 7.17. The summed E-state index contributed by atoms with van der Waals surface area (Å²) in [5, 5.41) is 4.34. The first-order valence-corrected chi connectivity index (χ1v) is 9.12. The smallest absolute Gasteiger partial charge is 0.280 e. The molecule has 2 fully saturated rings. The minimum Gasteiger partial charge on any atom is -0.346 e. The van der Waals surface area contributed by atoms with Crippen molar-refractivity contribution in [2.24, 2.45) is 5.92 Å². The van der Waals surface area contributed by atoms with Gasteiger partial charge in [-0.05, 0) is 31.4 Å². The quantitative estimate of drug-likeness (QED) is 0.926. The van der Waals surface area contributed by atoms with E-state index in [0.717, 1.165) is 29.3 Å². The van der Waals surface area contributed by atoms with Crippen molar-refractivity contribution in [3.05, 3.63) is 40.5 Å². The Labute approximate surface area is 144 Å². The Kier molecular flexibility index (Phi) is 4.09. The van der Waals surface area contributed by atoms with Crippen molar-refractivity contribution in [2.45, 2.75) is 18.9 Å². The average Bonchev–Trinajstić information content (AvgIpc) is 3.15. The summed E-state index contributed by atoms with van der Waals surface area (Å²) in [5.41, 5.74) is 0.924. The van der Waals surface area contributed by atoms with Gasteiger partial charge in [0.05, 0.1) is 4.88 Å². The Hall–Kier alpha value is -1.43. The molecular weight excluding hydrogens is 330 g/mol. The molecule has 4 rings (SSSR count). The van der Waals surface area contributed by atoms with Gasteiger partial charge >= 0.3 is 0 Å². The Balaban J connectivity index is 1.46. The first-order chi connectivity index (χ1) is 11.2. The van der Waals surface area contributed by atoms with Crippen LogP contribution in [0.4, 0.5) is 0 Å². The molecule has 0 saturated carbocycles. The Bertz CT molecular complexity index is 720. The van der Waals surface area contributed by atoms with E-state index in [1.165, 1.54) is 30.8 Å². The number of hydrogen-bond acceptors (Lipinski definition) is 4. The van der Waals surface area contributed by atoms with E-state index in [1.54, 1.807) is 6.20 Å². The van der Waals surface area contributed by atoms with E-state index in [0.29, 0.717) is 10.0 Å². The molecule has 0 radical (unpaired) electrons. The monoisotopic (exact) mass is 347 g/mol. The van der Waals surface area contributed by atoms with Crippen LogP contribution in [-0.2, 0) is 0 Å². The SMILES string of the molecule is O=C(NC1CC2CCN(C2)C1)c1ncc(-c2ccccc2Cl)s1. The zero-order valence-corrected chi connectivity index (χ0v) is 14.2. The third-order valence-corrected chi connectivity index (χ3v) is 6.00. The van der Waals surface area contributed by atoms with Crippen LogP contribution in [0.3, 0.4) is 0 Å². The molecule has 23 heavy (non-hydrogen) atoms. The molecule has 0 spiro atoms. The lowest BCUT2D eigenvalue weighted by atomic mass is 9.97. The second kappa shape index (κ2) is 6.23. The van der Waals surface area contributed by atoms with Crippen LogP contribution in [0.15, 0.2) is 30.5 Å². The number of halogens is 1. The third kappa shape index (κ3) is 3.13. The first-order valence-electron chi connectivity index (χ1n) is 7.93. The van der Waals surface area contributed by atoms with Gasteiger partial charge in [-0.15, -0.1) is 11.3 Å². The molecule has 120 valence electrons. The van der Waals surface area contributed by atoms with Gasteiger partial charge in [0.2, 0.25) is 0 Å². The summed E-state index contributed by atoms with van der Waals surface area (Å²) in [4.78, 5) is 20.1. The van der Waals surface area contributed by atoms with E-state index >= 15 is 0 Å². The molecule has 2 aromatic rings. The Morgan fingerprint density at radius 2 is 2.22 bits per heavy atom. The predicted molar refractivity (Wildman–Crippen MR) is 93.0 cm³/mol. The van der Waals surface area contributed by atoms with E-state index in [9.17, 15) is 4.79 Å². The lowest BCUT2D eigenvalue weighted by Crippen LogP contribution is -2.46. The number of thiazole rings is 1. The first kappa shape index (κ1) is 15.1. The molecule has 3 heterocycles. The van der Waals surface area contributed by atoms with Crippen molar-refractivity contribution in [1.29, 1.82) is 0 Å². The fraction of sp³-hybridized carbons (Fsp3) is 0.412. The minimum absolute atomic E-state index is 0.0687. The predicted octanol–water partition coefficient (Wildman–Crippen LogP) is 3.29. The van der Waals surface area contributed by atoms with Crippen molar-refractivity contribution < 1.29 is 4.79 Å². The van der Waals surface area contributed by atoms with E-state index < -0.39 is 0 Å². The van der Waals surface area contributed by atoms with Crippen LogP contribution in [0.2, 0.25) is 5.02 Å². The van der Waals surface area contributed by atoms with Gasteiger partial charge in [-0.3, -0.25) is 4.79 Å². The van der Waals surface area contributed by atoms with Gasteiger partial charge in [0.1, 0.15) is 0 Å². The molecule has 1 N–H and O–H groups in total. The highest BCUT2D eigenvalue weighted by atomic mass is 35.5. The number of nitrogens with zero attached hydrogens (tertiary/aromatic N) is 2. The molecule has 2 aliphatic rings. The van der Waals surface area contributed by atoms with Gasteiger partial charge in [-0.25, -0.2) is 4.98 Å². The van der Waals surface area contributed by atoms with Crippen LogP contribution >= 0.6 is 22.9 Å². The fourth-order valence-corrected chi connectivity index (χ4v) is 4.73. The summed E-state index contributed by atoms with van der Waals surface area (Å²) in [6.45, 7) is 3.33. The molecule has 1 amide bonds. The number of fused-ring (bicyclic) bond motifs is 2. The van der Waals surface area contributed by atoms with E-state index in [2.05, 4.69) is 15.2 Å². The van der Waals surface area contributed by atoms with Crippen LogP contribution < -0.4 is 5.32 Å². The van der Waals surface area contributed by atoms with E-state index in [4.69, 9.17) is 11.6 Å². The van der Waals surface area contributed by atoms with Crippen LogP contribution in [0.5, 0.6) is 0 Å². The zero-order valence-electron chi connectivity index (χ0n) is 12.7. The summed E-state index contributed by atoms with van der Waals surface area (Å²) in [7, 11) is 0. The van der Waals surface area contributed by atoms with Gasteiger partial charge in [0.15, 0.2) is 5.01 Å². The number of benzene rings is 1. The molecule has 1 aromatic heterocycles. The standard InChI is InChI=1S/C17H18ClN3OS/c18-14-4-2-1-3-13(14)15-8-19-17(23-15)16(22)20-12-7-11-5-6-21(9-11)10-12/h1-4,8,11-12H,5-7,9-10H2,(H,20,22). The van der Waals surface area contributed by atoms with Gasteiger partial charge in [-0.2, -0.15) is 0 Å². The number of nitrogens with one attached hydrogen (secondary N) is 1. The maximum Gasteiger partial charge on any atom is 0.280 e. The van der Waals surface area contributed by atoms with E-state index in [1.807, 2.05) is 24.3 Å². The summed E-state index contributed by atoms with van der Waals surface area (Å²) < 4.78 is 0. The summed E-state index contributed by atoms with van der Waals surface area (Å²) in [5.74, 6) is 0.671. The normalized spacial score (nSPS) is 26.2. The van der Waals surface area contributed by atoms with Crippen molar-refractivity contribution in [3.8, 4) is 10.4 Å². The van der Waals surface area contributed by atoms with Gasteiger partial charge in [0, 0.05) is 35.9 Å². The molecule has 2 aliphatic heterocycles. The van der Waals surface area contributed by atoms with Crippen molar-refractivity contribution in [3.63, 3.8) is 0 Å². The van der Waals surface area contributed by atoms with Crippen LogP contribution in [0.25, 0.3) is 10.4 Å². The maximum absolute atomic E-state index is 12.5. The average molecular weight is 348 g/mol. The highest BCUT2D eigenvalue weighted by Crippen LogP contribution is 2.32. The van der Waals surface area contributed by atoms with Gasteiger partial charge in [-0.1, -0.05) is 29.8 Å².